The topological polar surface area (TPSA) is 58.4 Å². The zero-order chi connectivity index (χ0) is 14.5. The van der Waals surface area contributed by atoms with Gasteiger partial charge in [-0.05, 0) is 38.9 Å². The summed E-state index contributed by atoms with van der Waals surface area (Å²) in [5.41, 5.74) is 7.05. The molecule has 0 radical (unpaired) electrons. The van der Waals surface area contributed by atoms with Crippen molar-refractivity contribution in [3.63, 3.8) is 0 Å². The molecule has 1 fully saturated rings. The Balaban J connectivity index is 2.02. The van der Waals surface area contributed by atoms with E-state index in [9.17, 15) is 4.79 Å². The van der Waals surface area contributed by atoms with Gasteiger partial charge >= 0.3 is 0 Å². The van der Waals surface area contributed by atoms with E-state index in [0.29, 0.717) is 0 Å². The number of hydrogen-bond acceptors (Lipinski definition) is 3. The highest BCUT2D eigenvalue weighted by atomic mass is 16.2. The van der Waals surface area contributed by atoms with E-state index in [4.69, 9.17) is 5.73 Å². The molecule has 0 aliphatic heterocycles. The van der Waals surface area contributed by atoms with Crippen LogP contribution in [0.1, 0.15) is 30.9 Å². The number of nitrogens with one attached hydrogen (secondary N) is 1. The Bertz CT molecular complexity index is 433. The largest absolute Gasteiger partial charge is 0.348 e. The monoisotopic (exact) mass is 275 g/mol. The van der Waals surface area contributed by atoms with E-state index in [1.807, 2.05) is 32.3 Å². The van der Waals surface area contributed by atoms with Gasteiger partial charge in [-0.3, -0.25) is 4.79 Å². The number of likely N-dealkylation sites (N-methyl/N-ethyl adjacent to an activating group) is 1. The van der Waals surface area contributed by atoms with Gasteiger partial charge in [0.05, 0.1) is 6.04 Å². The van der Waals surface area contributed by atoms with E-state index >= 15 is 0 Å². The molecule has 1 saturated carbocycles. The molecule has 3 atom stereocenters. The Hall–Kier alpha value is -1.39. The molecule has 1 aliphatic rings. The molecule has 1 aliphatic carbocycles. The standard InChI is InChI=1S/C16H25N3O/c1-19(2)11-15(12-6-4-3-5-7-12)18-16(20)13-8-9-14(17)10-13/h3-7,13-15H,8-11,17H2,1-2H3,(H,18,20). The van der Waals surface area contributed by atoms with Gasteiger partial charge < -0.3 is 16.0 Å². The van der Waals surface area contributed by atoms with Gasteiger partial charge in [-0.25, -0.2) is 0 Å². The zero-order valence-corrected chi connectivity index (χ0v) is 12.4. The van der Waals surface area contributed by atoms with E-state index in [-0.39, 0.29) is 23.9 Å². The average molecular weight is 275 g/mol. The van der Waals surface area contributed by atoms with Crippen molar-refractivity contribution in [3.8, 4) is 0 Å². The lowest BCUT2D eigenvalue weighted by Gasteiger charge is -2.24. The lowest BCUT2D eigenvalue weighted by Crippen LogP contribution is -2.38. The van der Waals surface area contributed by atoms with Gasteiger partial charge in [0.1, 0.15) is 0 Å². The molecule has 4 heteroatoms. The van der Waals surface area contributed by atoms with Crippen molar-refractivity contribution >= 4 is 5.91 Å². The summed E-state index contributed by atoms with van der Waals surface area (Å²) in [6.45, 7) is 0.800. The number of rotatable bonds is 5. The van der Waals surface area contributed by atoms with Crippen LogP contribution in [0.5, 0.6) is 0 Å². The maximum Gasteiger partial charge on any atom is 0.223 e. The lowest BCUT2D eigenvalue weighted by atomic mass is 10.0. The molecule has 3 N–H and O–H groups in total. The summed E-state index contributed by atoms with van der Waals surface area (Å²) in [4.78, 5) is 14.5. The molecular formula is C16H25N3O. The Labute approximate surface area is 121 Å². The summed E-state index contributed by atoms with van der Waals surface area (Å²) in [5.74, 6) is 0.229. The van der Waals surface area contributed by atoms with Crippen LogP contribution >= 0.6 is 0 Å². The predicted octanol–water partition coefficient (Wildman–Crippen LogP) is 1.53. The number of benzene rings is 1. The van der Waals surface area contributed by atoms with Crippen LogP contribution in [0.2, 0.25) is 0 Å². The molecule has 0 heterocycles. The minimum absolute atomic E-state index is 0.0375. The number of carbonyl (C=O) groups is 1. The highest BCUT2D eigenvalue weighted by Gasteiger charge is 2.29. The van der Waals surface area contributed by atoms with Crippen LogP contribution < -0.4 is 11.1 Å². The van der Waals surface area contributed by atoms with Gasteiger partial charge in [0.25, 0.3) is 0 Å². The van der Waals surface area contributed by atoms with Gasteiger partial charge in [-0.1, -0.05) is 30.3 Å². The molecule has 0 spiro atoms. The van der Waals surface area contributed by atoms with Crippen molar-refractivity contribution < 1.29 is 4.79 Å². The van der Waals surface area contributed by atoms with Crippen molar-refractivity contribution in [2.24, 2.45) is 11.7 Å². The SMILES string of the molecule is CN(C)CC(NC(=O)C1CCC(N)C1)c1ccccc1. The third-order valence-electron chi connectivity index (χ3n) is 3.91. The second-order valence-electron chi connectivity index (χ2n) is 6.00. The number of nitrogens with two attached hydrogens (primary N) is 1. The second kappa shape index (κ2) is 6.86. The van der Waals surface area contributed by atoms with Crippen LogP contribution in [0, 0.1) is 5.92 Å². The van der Waals surface area contributed by atoms with Crippen molar-refractivity contribution in [3.05, 3.63) is 35.9 Å². The summed E-state index contributed by atoms with van der Waals surface area (Å²) in [6, 6.07) is 10.4. The number of nitrogens with zero attached hydrogens (tertiary/aromatic N) is 1. The summed E-state index contributed by atoms with van der Waals surface area (Å²) in [7, 11) is 4.04. The van der Waals surface area contributed by atoms with Crippen LogP contribution in [0.25, 0.3) is 0 Å². The van der Waals surface area contributed by atoms with Crippen LogP contribution in [-0.2, 0) is 4.79 Å². The first-order chi connectivity index (χ1) is 9.56. The normalized spacial score (nSPS) is 23.8. The van der Waals surface area contributed by atoms with Gasteiger partial charge in [-0.2, -0.15) is 0 Å². The first-order valence-corrected chi connectivity index (χ1v) is 7.32. The fraction of sp³-hybridized carbons (Fsp3) is 0.562. The predicted molar refractivity (Wildman–Crippen MR) is 81.2 cm³/mol. The maximum absolute atomic E-state index is 12.4. The van der Waals surface area contributed by atoms with Gasteiger partial charge in [0.2, 0.25) is 5.91 Å². The second-order valence-corrected chi connectivity index (χ2v) is 6.00. The fourth-order valence-corrected chi connectivity index (χ4v) is 2.83. The Morgan fingerprint density at radius 1 is 1.35 bits per heavy atom. The van der Waals surface area contributed by atoms with E-state index in [1.54, 1.807) is 0 Å². The number of carbonyl (C=O) groups excluding carboxylic acids is 1. The molecule has 0 saturated heterocycles. The molecule has 1 aromatic carbocycles. The smallest absolute Gasteiger partial charge is 0.223 e. The van der Waals surface area contributed by atoms with Crippen LogP contribution in [-0.4, -0.2) is 37.5 Å². The van der Waals surface area contributed by atoms with E-state index in [2.05, 4.69) is 22.3 Å². The third-order valence-corrected chi connectivity index (χ3v) is 3.91. The Kier molecular flexibility index (Phi) is 5.15. The minimum Gasteiger partial charge on any atom is -0.348 e. The quantitative estimate of drug-likeness (QED) is 0.857. The highest BCUT2D eigenvalue weighted by Crippen LogP contribution is 2.25. The molecule has 4 nitrogen and oxygen atoms in total. The van der Waals surface area contributed by atoms with Crippen LogP contribution in [0.3, 0.4) is 0 Å². The number of hydrogen-bond donors (Lipinski definition) is 2. The van der Waals surface area contributed by atoms with Gasteiger partial charge in [0.15, 0.2) is 0 Å². The molecule has 110 valence electrons. The molecule has 0 bridgehead atoms. The van der Waals surface area contributed by atoms with Crippen molar-refractivity contribution in [2.75, 3.05) is 20.6 Å². The molecule has 0 aromatic heterocycles. The first kappa shape index (κ1) is 15.0. The lowest BCUT2D eigenvalue weighted by molar-refractivity contribution is -0.125. The molecular weight excluding hydrogens is 250 g/mol. The van der Waals surface area contributed by atoms with Crippen molar-refractivity contribution in [1.82, 2.24) is 10.2 Å². The Morgan fingerprint density at radius 2 is 2.05 bits per heavy atom. The minimum atomic E-state index is 0.0375. The summed E-state index contributed by atoms with van der Waals surface area (Å²) >= 11 is 0. The fourth-order valence-electron chi connectivity index (χ4n) is 2.83. The highest BCUT2D eigenvalue weighted by molar-refractivity contribution is 5.79. The molecule has 1 aromatic rings. The zero-order valence-electron chi connectivity index (χ0n) is 12.4. The maximum atomic E-state index is 12.4. The number of amides is 1. The van der Waals surface area contributed by atoms with Crippen LogP contribution in [0.4, 0.5) is 0 Å². The summed E-state index contributed by atoms with van der Waals surface area (Å²) < 4.78 is 0. The first-order valence-electron chi connectivity index (χ1n) is 7.32. The molecule has 1 amide bonds. The van der Waals surface area contributed by atoms with Gasteiger partial charge in [-0.15, -0.1) is 0 Å². The molecule has 3 unspecified atom stereocenters. The molecule has 2 rings (SSSR count). The summed E-state index contributed by atoms with van der Waals surface area (Å²) in [5, 5.41) is 3.19. The summed E-state index contributed by atoms with van der Waals surface area (Å²) in [6.07, 6.45) is 2.69. The molecule has 20 heavy (non-hydrogen) atoms. The average Bonchev–Trinajstić information content (AvgIpc) is 2.85. The van der Waals surface area contributed by atoms with Crippen molar-refractivity contribution in [2.45, 2.75) is 31.3 Å². The van der Waals surface area contributed by atoms with E-state index in [1.165, 1.54) is 0 Å². The van der Waals surface area contributed by atoms with Gasteiger partial charge in [0, 0.05) is 18.5 Å². The Morgan fingerprint density at radius 3 is 2.60 bits per heavy atom. The third kappa shape index (κ3) is 4.05. The van der Waals surface area contributed by atoms with E-state index in [0.717, 1.165) is 31.4 Å². The van der Waals surface area contributed by atoms with Crippen LogP contribution in [0.15, 0.2) is 30.3 Å². The van der Waals surface area contributed by atoms with E-state index < -0.39 is 0 Å². The van der Waals surface area contributed by atoms with Crippen molar-refractivity contribution in [1.29, 1.82) is 0 Å².